The number of rotatable bonds is 4. The van der Waals surface area contributed by atoms with Crippen LogP contribution < -0.4 is 18.9 Å². The van der Waals surface area contributed by atoms with Crippen LogP contribution >= 0.6 is 0 Å². The zero-order chi connectivity index (χ0) is 27.9. The Morgan fingerprint density at radius 1 is 0.750 bits per heavy atom. The predicted octanol–water partition coefficient (Wildman–Crippen LogP) is 5.72. The summed E-state index contributed by atoms with van der Waals surface area (Å²) in [6, 6.07) is 16.6. The van der Waals surface area contributed by atoms with E-state index in [-0.39, 0.29) is 23.7 Å². The number of carbonyl (C=O) groups excluding carboxylic acids is 2. The monoisotopic (exact) mass is 534 g/mol. The van der Waals surface area contributed by atoms with Crippen molar-refractivity contribution in [3.05, 3.63) is 99.6 Å². The smallest absolute Gasteiger partial charge is 0.189 e. The van der Waals surface area contributed by atoms with Crippen molar-refractivity contribution in [2.75, 3.05) is 28.4 Å². The molecule has 0 fully saturated rings. The first-order valence-electron chi connectivity index (χ1n) is 13.0. The molecule has 200 valence electrons. The quantitative estimate of drug-likeness (QED) is 0.358. The standard InChI is InChI=1S/C33H26O7/c1-37-17-14-19-29(27(15-17)40-4)23(35)12-16-13-24(36)30-20(6-5-7-25(30)38-2)33(16)21-9-11-26(39-3)31-22(34)10-8-18(28(21)31)32(19)33/h5-11,13-15,32,34H,12H2,1-4H3/t32?,33-/m1/s1. The van der Waals surface area contributed by atoms with E-state index in [0.717, 1.165) is 27.6 Å². The molecular formula is C33H26O7. The predicted molar refractivity (Wildman–Crippen MR) is 149 cm³/mol. The van der Waals surface area contributed by atoms with E-state index in [4.69, 9.17) is 18.9 Å². The summed E-state index contributed by atoms with van der Waals surface area (Å²) in [6.45, 7) is 0. The maximum Gasteiger partial charge on any atom is 0.189 e. The van der Waals surface area contributed by atoms with Crippen LogP contribution in [0.1, 0.15) is 55.3 Å². The second-order valence-electron chi connectivity index (χ2n) is 10.3. The molecule has 7 heteroatoms. The Bertz CT molecular complexity index is 1830. The van der Waals surface area contributed by atoms with E-state index in [0.29, 0.717) is 45.1 Å². The van der Waals surface area contributed by atoms with Gasteiger partial charge in [0.2, 0.25) is 0 Å². The molecular weight excluding hydrogens is 508 g/mol. The summed E-state index contributed by atoms with van der Waals surface area (Å²) in [5.74, 6) is 1.25. The van der Waals surface area contributed by atoms with Crippen LogP contribution in [0.15, 0.2) is 66.2 Å². The number of benzene rings is 4. The summed E-state index contributed by atoms with van der Waals surface area (Å²) in [4.78, 5) is 27.8. The second kappa shape index (κ2) is 8.36. The molecule has 40 heavy (non-hydrogen) atoms. The number of allylic oxidation sites excluding steroid dienone is 2. The van der Waals surface area contributed by atoms with Crippen molar-refractivity contribution in [1.82, 2.24) is 0 Å². The number of hydrogen-bond donors (Lipinski definition) is 1. The molecule has 4 aromatic carbocycles. The Morgan fingerprint density at radius 2 is 1.52 bits per heavy atom. The minimum Gasteiger partial charge on any atom is -0.507 e. The average molecular weight is 535 g/mol. The Hall–Kier alpha value is -4.78. The largest absolute Gasteiger partial charge is 0.507 e. The molecule has 7 nitrogen and oxygen atoms in total. The normalized spacial score (nSPS) is 20.1. The number of methoxy groups -OCH3 is 4. The molecule has 4 aromatic rings. The Kier molecular flexibility index (Phi) is 5.07. The van der Waals surface area contributed by atoms with Crippen molar-refractivity contribution >= 4 is 22.3 Å². The van der Waals surface area contributed by atoms with Crippen LogP contribution in [0.5, 0.6) is 28.7 Å². The summed E-state index contributed by atoms with van der Waals surface area (Å²) in [7, 11) is 6.23. The average Bonchev–Trinajstić information content (AvgIpc) is 3.21. The minimum absolute atomic E-state index is 0.0159. The molecule has 7 rings (SSSR count). The fourth-order valence-corrected chi connectivity index (χ4v) is 7.33. The number of carbonyl (C=O) groups is 2. The molecule has 1 unspecified atom stereocenters. The van der Waals surface area contributed by atoms with Crippen molar-refractivity contribution in [3.63, 3.8) is 0 Å². The van der Waals surface area contributed by atoms with Gasteiger partial charge in [0.05, 0.1) is 50.4 Å². The van der Waals surface area contributed by atoms with Gasteiger partial charge in [-0.1, -0.05) is 24.3 Å². The molecule has 0 amide bonds. The van der Waals surface area contributed by atoms with Gasteiger partial charge in [-0.05, 0) is 63.6 Å². The molecule has 0 saturated carbocycles. The fourth-order valence-electron chi connectivity index (χ4n) is 7.33. The van der Waals surface area contributed by atoms with E-state index in [1.54, 1.807) is 45.6 Å². The first-order valence-corrected chi connectivity index (χ1v) is 13.0. The highest BCUT2D eigenvalue weighted by Crippen LogP contribution is 2.66. The maximum atomic E-state index is 14.1. The number of aromatic hydroxyl groups is 1. The molecule has 0 heterocycles. The Balaban J connectivity index is 1.74. The van der Waals surface area contributed by atoms with Crippen LogP contribution in [-0.2, 0) is 5.41 Å². The molecule has 0 aliphatic heterocycles. The topological polar surface area (TPSA) is 91.3 Å². The van der Waals surface area contributed by atoms with Crippen LogP contribution in [0.3, 0.4) is 0 Å². The van der Waals surface area contributed by atoms with Crippen LogP contribution in [-0.4, -0.2) is 45.1 Å². The maximum absolute atomic E-state index is 14.1. The molecule has 0 bridgehead atoms. The van der Waals surface area contributed by atoms with E-state index in [2.05, 4.69) is 0 Å². The van der Waals surface area contributed by atoms with Crippen molar-refractivity contribution in [2.45, 2.75) is 17.8 Å². The lowest BCUT2D eigenvalue weighted by atomic mass is 9.58. The van der Waals surface area contributed by atoms with Crippen molar-refractivity contribution < 1.29 is 33.6 Å². The molecule has 1 N–H and O–H groups in total. The number of fused-ring (bicyclic) bond motifs is 4. The first-order chi connectivity index (χ1) is 19.4. The van der Waals surface area contributed by atoms with Gasteiger partial charge in [0, 0.05) is 18.4 Å². The van der Waals surface area contributed by atoms with Crippen LogP contribution in [0, 0.1) is 0 Å². The van der Waals surface area contributed by atoms with Gasteiger partial charge in [-0.15, -0.1) is 0 Å². The SMILES string of the molecule is COc1cc(OC)c2c(c1)C1c3ccc(O)c4c(OC)ccc(c34)[C@]13C(=CC(=O)c1c(OC)cccc13)CC2=O. The summed E-state index contributed by atoms with van der Waals surface area (Å²) in [6.07, 6.45) is 1.62. The molecule has 3 aliphatic rings. The van der Waals surface area contributed by atoms with Gasteiger partial charge in [0.15, 0.2) is 11.6 Å². The third-order valence-corrected chi connectivity index (χ3v) is 8.75. The summed E-state index contributed by atoms with van der Waals surface area (Å²) in [5.41, 5.74) is 3.94. The lowest BCUT2D eigenvalue weighted by Gasteiger charge is -2.42. The van der Waals surface area contributed by atoms with E-state index in [9.17, 15) is 14.7 Å². The lowest BCUT2D eigenvalue weighted by molar-refractivity contribution is 0.0988. The number of ether oxygens (including phenoxy) is 4. The van der Waals surface area contributed by atoms with Crippen molar-refractivity contribution in [1.29, 1.82) is 0 Å². The van der Waals surface area contributed by atoms with Gasteiger partial charge in [0.25, 0.3) is 0 Å². The van der Waals surface area contributed by atoms with Gasteiger partial charge in [-0.2, -0.15) is 0 Å². The Labute approximate surface area is 230 Å². The van der Waals surface area contributed by atoms with Crippen LogP contribution in [0.4, 0.5) is 0 Å². The van der Waals surface area contributed by atoms with Gasteiger partial charge in [-0.3, -0.25) is 9.59 Å². The highest BCUT2D eigenvalue weighted by molar-refractivity contribution is 6.15. The van der Waals surface area contributed by atoms with Gasteiger partial charge >= 0.3 is 0 Å². The van der Waals surface area contributed by atoms with E-state index >= 15 is 0 Å². The minimum atomic E-state index is -0.948. The van der Waals surface area contributed by atoms with E-state index in [1.807, 2.05) is 36.4 Å². The number of hydrogen-bond acceptors (Lipinski definition) is 7. The number of phenols is 1. The zero-order valence-corrected chi connectivity index (χ0v) is 22.5. The second-order valence-corrected chi connectivity index (χ2v) is 10.3. The highest BCUT2D eigenvalue weighted by atomic mass is 16.5. The summed E-state index contributed by atoms with van der Waals surface area (Å²) >= 11 is 0. The van der Waals surface area contributed by atoms with E-state index in [1.165, 1.54) is 7.11 Å². The molecule has 3 aliphatic carbocycles. The zero-order valence-electron chi connectivity index (χ0n) is 22.5. The van der Waals surface area contributed by atoms with Crippen molar-refractivity contribution in [3.8, 4) is 28.7 Å². The third kappa shape index (κ3) is 2.79. The summed E-state index contributed by atoms with van der Waals surface area (Å²) in [5, 5.41) is 12.5. The Morgan fingerprint density at radius 3 is 2.25 bits per heavy atom. The number of phenolic OH excluding ortho intramolecular Hbond substituents is 1. The fraction of sp³-hybridized carbons (Fsp3) is 0.212. The van der Waals surface area contributed by atoms with Gasteiger partial charge in [-0.25, -0.2) is 0 Å². The van der Waals surface area contributed by atoms with Gasteiger partial charge < -0.3 is 24.1 Å². The highest BCUT2D eigenvalue weighted by Gasteiger charge is 2.58. The first kappa shape index (κ1) is 24.3. The molecule has 1 spiro atoms. The van der Waals surface area contributed by atoms with E-state index < -0.39 is 11.3 Å². The molecule has 0 radical (unpaired) electrons. The third-order valence-electron chi connectivity index (χ3n) is 8.75. The number of Topliss-reactive ketones (excluding diaryl/α,β-unsaturated/α-hetero) is 1. The van der Waals surface area contributed by atoms with Gasteiger partial charge in [0.1, 0.15) is 28.7 Å². The molecule has 0 aromatic heterocycles. The summed E-state index contributed by atoms with van der Waals surface area (Å²) < 4.78 is 22.8. The molecule has 2 atom stereocenters. The lowest BCUT2D eigenvalue weighted by Crippen LogP contribution is -2.38. The number of ketones is 2. The molecule has 0 saturated heterocycles. The van der Waals surface area contributed by atoms with Crippen LogP contribution in [0.2, 0.25) is 0 Å². The van der Waals surface area contributed by atoms with Crippen LogP contribution in [0.25, 0.3) is 10.8 Å². The van der Waals surface area contributed by atoms with Crippen molar-refractivity contribution in [2.24, 2.45) is 0 Å².